The van der Waals surface area contributed by atoms with Crippen molar-refractivity contribution >= 4 is 21.9 Å². The lowest BCUT2D eigenvalue weighted by Gasteiger charge is -2.29. The van der Waals surface area contributed by atoms with Crippen LogP contribution in [0.2, 0.25) is 0 Å². The first-order valence-corrected chi connectivity index (χ1v) is 7.87. The summed E-state index contributed by atoms with van der Waals surface area (Å²) in [5, 5.41) is 0. The molecular formula is C16H22BrNO3. The Bertz CT molecular complexity index is 525. The van der Waals surface area contributed by atoms with Crippen LogP contribution in [-0.2, 0) is 27.4 Å². The summed E-state index contributed by atoms with van der Waals surface area (Å²) in [5.74, 6) is -0.216. The zero-order valence-corrected chi connectivity index (χ0v) is 14.6. The van der Waals surface area contributed by atoms with Gasteiger partial charge in [0.2, 0.25) is 0 Å². The molecule has 116 valence electrons. The molecule has 0 aromatic heterocycles. The summed E-state index contributed by atoms with van der Waals surface area (Å²) >= 11 is 3.47. The van der Waals surface area contributed by atoms with Crippen molar-refractivity contribution in [2.45, 2.75) is 52.5 Å². The zero-order valence-electron chi connectivity index (χ0n) is 13.0. The Morgan fingerprint density at radius 3 is 2.76 bits per heavy atom. The van der Waals surface area contributed by atoms with Gasteiger partial charge in [-0.1, -0.05) is 22.0 Å². The molecule has 2 rings (SSSR count). The molecule has 0 amide bonds. The van der Waals surface area contributed by atoms with Crippen molar-refractivity contribution in [3.8, 4) is 0 Å². The molecule has 0 saturated heterocycles. The van der Waals surface area contributed by atoms with Crippen molar-refractivity contribution in [3.63, 3.8) is 0 Å². The second kappa shape index (κ2) is 6.46. The molecule has 1 aliphatic heterocycles. The second-order valence-electron chi connectivity index (χ2n) is 6.35. The minimum absolute atomic E-state index is 0.216. The maximum atomic E-state index is 12.2. The molecule has 1 aromatic carbocycles. The number of hydrogen-bond acceptors (Lipinski definition) is 4. The van der Waals surface area contributed by atoms with Gasteiger partial charge in [-0.3, -0.25) is 9.69 Å². The van der Waals surface area contributed by atoms with E-state index in [9.17, 15) is 4.79 Å². The van der Waals surface area contributed by atoms with Gasteiger partial charge in [0.15, 0.2) is 0 Å². The van der Waals surface area contributed by atoms with Gasteiger partial charge in [0.05, 0.1) is 6.61 Å². The number of fused-ring (bicyclic) bond motifs is 1. The Labute approximate surface area is 134 Å². The highest BCUT2D eigenvalue weighted by molar-refractivity contribution is 9.10. The third-order valence-corrected chi connectivity index (χ3v) is 3.85. The summed E-state index contributed by atoms with van der Waals surface area (Å²) < 4.78 is 12.2. The van der Waals surface area contributed by atoms with Crippen LogP contribution >= 0.6 is 15.9 Å². The molecule has 1 atom stereocenters. The number of halogens is 1. The Morgan fingerprint density at radius 2 is 2.10 bits per heavy atom. The molecule has 0 fully saturated rings. The number of ether oxygens (including phenoxy) is 2. The quantitative estimate of drug-likeness (QED) is 0.761. The van der Waals surface area contributed by atoms with Crippen LogP contribution < -0.4 is 0 Å². The molecule has 0 radical (unpaired) electrons. The van der Waals surface area contributed by atoms with E-state index >= 15 is 0 Å². The smallest absolute Gasteiger partial charge is 0.323 e. The molecule has 5 heteroatoms. The minimum Gasteiger partial charge on any atom is -0.459 e. The summed E-state index contributed by atoms with van der Waals surface area (Å²) in [7, 11) is 0. The lowest BCUT2D eigenvalue weighted by atomic mass is 10.1. The monoisotopic (exact) mass is 355 g/mol. The Kier molecular flexibility index (Phi) is 5.07. The molecule has 0 aliphatic carbocycles. The van der Waals surface area contributed by atoms with Crippen molar-refractivity contribution < 1.29 is 14.3 Å². The highest BCUT2D eigenvalue weighted by Crippen LogP contribution is 2.23. The van der Waals surface area contributed by atoms with E-state index in [-0.39, 0.29) is 12.0 Å². The normalized spacial score (nSPS) is 17.8. The SMILES string of the molecule is C[C@H](C(=O)OC(C)(C)C)N1COCc2cc(Br)ccc2C1. The van der Waals surface area contributed by atoms with Crippen LogP contribution in [0.4, 0.5) is 0 Å². The van der Waals surface area contributed by atoms with E-state index in [4.69, 9.17) is 9.47 Å². The largest absolute Gasteiger partial charge is 0.459 e. The number of esters is 1. The van der Waals surface area contributed by atoms with Gasteiger partial charge in [0.25, 0.3) is 0 Å². The van der Waals surface area contributed by atoms with Crippen molar-refractivity contribution in [3.05, 3.63) is 33.8 Å². The van der Waals surface area contributed by atoms with E-state index in [0.717, 1.165) is 10.0 Å². The van der Waals surface area contributed by atoms with E-state index in [1.807, 2.05) is 38.7 Å². The summed E-state index contributed by atoms with van der Waals surface area (Å²) in [5.41, 5.74) is 1.87. The van der Waals surface area contributed by atoms with Crippen molar-refractivity contribution in [1.29, 1.82) is 0 Å². The van der Waals surface area contributed by atoms with Crippen molar-refractivity contribution in [2.75, 3.05) is 6.73 Å². The average molecular weight is 356 g/mol. The Hall–Kier alpha value is -0.910. The predicted molar refractivity (Wildman–Crippen MR) is 84.6 cm³/mol. The molecule has 0 spiro atoms. The maximum Gasteiger partial charge on any atom is 0.323 e. The molecule has 0 unspecified atom stereocenters. The predicted octanol–water partition coefficient (Wildman–Crippen LogP) is 3.47. The first kappa shape index (κ1) is 16.5. The molecule has 4 nitrogen and oxygen atoms in total. The lowest BCUT2D eigenvalue weighted by molar-refractivity contribution is -0.163. The first-order chi connectivity index (χ1) is 9.76. The van der Waals surface area contributed by atoms with E-state index < -0.39 is 5.60 Å². The molecule has 0 bridgehead atoms. The fourth-order valence-electron chi connectivity index (χ4n) is 2.21. The Balaban J connectivity index is 2.11. The van der Waals surface area contributed by atoms with E-state index in [1.54, 1.807) is 0 Å². The van der Waals surface area contributed by atoms with Crippen LogP contribution in [0.1, 0.15) is 38.8 Å². The van der Waals surface area contributed by atoms with Gasteiger partial charge in [0, 0.05) is 11.0 Å². The summed E-state index contributed by atoms with van der Waals surface area (Å²) in [4.78, 5) is 14.2. The van der Waals surface area contributed by atoms with Crippen molar-refractivity contribution in [2.24, 2.45) is 0 Å². The van der Waals surface area contributed by atoms with Crippen molar-refractivity contribution in [1.82, 2.24) is 4.90 Å². The first-order valence-electron chi connectivity index (χ1n) is 7.08. The number of rotatable bonds is 2. The molecule has 1 aromatic rings. The van der Waals surface area contributed by atoms with E-state index in [1.165, 1.54) is 5.56 Å². The van der Waals surface area contributed by atoms with Gasteiger partial charge in [-0.25, -0.2) is 0 Å². The summed E-state index contributed by atoms with van der Waals surface area (Å²) in [6.07, 6.45) is 0. The Morgan fingerprint density at radius 1 is 1.38 bits per heavy atom. The number of carbonyl (C=O) groups is 1. The van der Waals surface area contributed by atoms with Gasteiger partial charge in [-0.05, 0) is 51.0 Å². The van der Waals surface area contributed by atoms with Gasteiger partial charge in [0.1, 0.15) is 18.4 Å². The number of nitrogens with zero attached hydrogens (tertiary/aromatic N) is 1. The third-order valence-electron chi connectivity index (χ3n) is 3.35. The number of benzene rings is 1. The van der Waals surface area contributed by atoms with Crippen LogP contribution in [-0.4, -0.2) is 29.2 Å². The zero-order chi connectivity index (χ0) is 15.6. The fraction of sp³-hybridized carbons (Fsp3) is 0.562. The lowest BCUT2D eigenvalue weighted by Crippen LogP contribution is -2.42. The molecular weight excluding hydrogens is 334 g/mol. The van der Waals surface area contributed by atoms with Crippen LogP contribution in [0, 0.1) is 0 Å². The van der Waals surface area contributed by atoms with Gasteiger partial charge in [-0.2, -0.15) is 0 Å². The van der Waals surface area contributed by atoms with Crippen LogP contribution in [0.3, 0.4) is 0 Å². The minimum atomic E-state index is -0.471. The van der Waals surface area contributed by atoms with Crippen LogP contribution in [0.5, 0.6) is 0 Å². The summed E-state index contributed by atoms with van der Waals surface area (Å²) in [6.45, 7) is 9.17. The second-order valence-corrected chi connectivity index (χ2v) is 7.26. The maximum absolute atomic E-state index is 12.2. The summed E-state index contributed by atoms with van der Waals surface area (Å²) in [6, 6.07) is 5.82. The van der Waals surface area contributed by atoms with E-state index in [2.05, 4.69) is 28.1 Å². The van der Waals surface area contributed by atoms with Crippen LogP contribution in [0.25, 0.3) is 0 Å². The highest BCUT2D eigenvalue weighted by Gasteiger charge is 2.28. The molecule has 21 heavy (non-hydrogen) atoms. The third kappa shape index (κ3) is 4.53. The average Bonchev–Trinajstić information content (AvgIpc) is 2.57. The van der Waals surface area contributed by atoms with Gasteiger partial charge >= 0.3 is 5.97 Å². The number of hydrogen-bond donors (Lipinski definition) is 0. The highest BCUT2D eigenvalue weighted by atomic mass is 79.9. The van der Waals surface area contributed by atoms with Gasteiger partial charge in [-0.15, -0.1) is 0 Å². The molecule has 1 aliphatic rings. The van der Waals surface area contributed by atoms with Gasteiger partial charge < -0.3 is 9.47 Å². The van der Waals surface area contributed by atoms with Crippen LogP contribution in [0.15, 0.2) is 22.7 Å². The topological polar surface area (TPSA) is 38.8 Å². The van der Waals surface area contributed by atoms with E-state index in [0.29, 0.717) is 19.9 Å². The fourth-order valence-corrected chi connectivity index (χ4v) is 2.61. The molecule has 0 N–H and O–H groups in total. The molecule has 0 saturated carbocycles. The standard InChI is InChI=1S/C16H22BrNO3/c1-11(15(19)21-16(2,3)4)18-8-12-5-6-14(17)7-13(12)9-20-10-18/h5-7,11H,8-10H2,1-4H3/t11-/m1/s1. The number of carbonyl (C=O) groups excluding carboxylic acids is 1. The molecule has 1 heterocycles.